The van der Waals surface area contributed by atoms with Gasteiger partial charge in [0, 0.05) is 17.5 Å². The fraction of sp³-hybridized carbons (Fsp3) is 0.300. The summed E-state index contributed by atoms with van der Waals surface area (Å²) in [4.78, 5) is 2.99. The van der Waals surface area contributed by atoms with Gasteiger partial charge in [0.1, 0.15) is 17.5 Å². The maximum Gasteiger partial charge on any atom is 0.214 e. The minimum absolute atomic E-state index is 0.133. The molecular weight excluding hydrogens is 405 g/mol. The Labute approximate surface area is 165 Å². The van der Waals surface area contributed by atoms with E-state index in [9.17, 15) is 21.6 Å². The number of hydrogen-bond acceptors (Lipinski definition) is 3. The normalized spacial score (nSPS) is 19.4. The Balaban J connectivity index is 1.71. The fourth-order valence-electron chi connectivity index (χ4n) is 3.89. The lowest BCUT2D eigenvalue weighted by Gasteiger charge is -2.36. The van der Waals surface area contributed by atoms with Crippen LogP contribution in [0.5, 0.6) is 0 Å². The van der Waals surface area contributed by atoms with E-state index in [-0.39, 0.29) is 23.2 Å². The van der Waals surface area contributed by atoms with E-state index in [1.165, 1.54) is 18.2 Å². The van der Waals surface area contributed by atoms with Crippen molar-refractivity contribution >= 4 is 20.9 Å². The molecule has 1 saturated carbocycles. The number of halogens is 3. The van der Waals surface area contributed by atoms with Crippen molar-refractivity contribution in [1.82, 2.24) is 9.71 Å². The number of aliphatic hydroxyl groups excluding tert-OH is 1. The molecule has 3 aromatic rings. The van der Waals surface area contributed by atoms with Gasteiger partial charge in [0.05, 0.1) is 23.6 Å². The number of sulfonamides is 1. The number of H-pyrrole nitrogens is 1. The van der Waals surface area contributed by atoms with Gasteiger partial charge in [-0.1, -0.05) is 0 Å². The van der Waals surface area contributed by atoms with Crippen molar-refractivity contribution in [1.29, 1.82) is 0 Å². The molecule has 1 fully saturated rings. The molecule has 0 bridgehead atoms. The van der Waals surface area contributed by atoms with Gasteiger partial charge >= 0.3 is 0 Å². The van der Waals surface area contributed by atoms with E-state index in [4.69, 9.17) is 5.11 Å². The third-order valence-corrected chi connectivity index (χ3v) is 6.66. The standard InChI is InChI=1S/C20H19F3N2O3S/c21-13-3-1-11(2-4-13)19-18(16-9-14(22)10-17(23)20(16)24-19)12-7-15(8-12)25-29(27,28)6-5-26/h1-4,9-10,12,15,24-26H,5-8H2/t12-,15-. The first-order chi connectivity index (χ1) is 13.8. The highest BCUT2D eigenvalue weighted by atomic mass is 32.2. The van der Waals surface area contributed by atoms with Crippen molar-refractivity contribution < 1.29 is 26.7 Å². The lowest BCUT2D eigenvalue weighted by atomic mass is 9.74. The van der Waals surface area contributed by atoms with Crippen LogP contribution in [0.4, 0.5) is 13.2 Å². The van der Waals surface area contributed by atoms with Crippen molar-refractivity contribution in [2.75, 3.05) is 12.4 Å². The summed E-state index contributed by atoms with van der Waals surface area (Å²) in [6.07, 6.45) is 0.897. The largest absolute Gasteiger partial charge is 0.395 e. The van der Waals surface area contributed by atoms with Crippen molar-refractivity contribution in [2.24, 2.45) is 0 Å². The Hall–Kier alpha value is -2.36. The average molecular weight is 424 g/mol. The summed E-state index contributed by atoms with van der Waals surface area (Å²) in [6, 6.07) is 7.41. The van der Waals surface area contributed by atoms with Crippen LogP contribution in [0, 0.1) is 17.5 Å². The zero-order chi connectivity index (χ0) is 20.8. The SMILES string of the molecule is O=S(=O)(CCO)N[C@H]1C[C@H](c2c(-c3ccc(F)cc3)[nH]c3c(F)cc(F)cc32)C1. The molecule has 1 heterocycles. The Morgan fingerprint density at radius 1 is 1.07 bits per heavy atom. The first-order valence-electron chi connectivity index (χ1n) is 9.15. The molecule has 0 aliphatic heterocycles. The summed E-state index contributed by atoms with van der Waals surface area (Å²) in [5.41, 5.74) is 2.03. The van der Waals surface area contributed by atoms with Gasteiger partial charge in [-0.3, -0.25) is 0 Å². The van der Waals surface area contributed by atoms with Gasteiger partial charge < -0.3 is 10.1 Å². The number of aliphatic hydroxyl groups is 1. The van der Waals surface area contributed by atoms with Gasteiger partial charge in [-0.15, -0.1) is 0 Å². The number of rotatable bonds is 6. The second kappa shape index (κ2) is 7.47. The van der Waals surface area contributed by atoms with Crippen molar-refractivity contribution in [2.45, 2.75) is 24.8 Å². The maximum atomic E-state index is 14.3. The Morgan fingerprint density at radius 3 is 2.41 bits per heavy atom. The third-order valence-electron chi connectivity index (χ3n) is 5.25. The molecule has 3 N–H and O–H groups in total. The van der Waals surface area contributed by atoms with Crippen LogP contribution >= 0.6 is 0 Å². The first kappa shape index (κ1) is 19.9. The number of aromatic amines is 1. The van der Waals surface area contributed by atoms with E-state index in [1.807, 2.05) is 0 Å². The predicted molar refractivity (Wildman–Crippen MR) is 103 cm³/mol. The fourth-order valence-corrected chi connectivity index (χ4v) is 4.95. The summed E-state index contributed by atoms with van der Waals surface area (Å²) in [6.45, 7) is -0.471. The summed E-state index contributed by atoms with van der Waals surface area (Å²) < 4.78 is 67.8. The minimum Gasteiger partial charge on any atom is -0.395 e. The maximum absolute atomic E-state index is 14.3. The molecule has 0 atom stereocenters. The average Bonchev–Trinajstić information content (AvgIpc) is 2.97. The molecule has 2 aromatic carbocycles. The second-order valence-corrected chi connectivity index (χ2v) is 9.13. The molecule has 1 aliphatic carbocycles. The van der Waals surface area contributed by atoms with Crippen LogP contribution in [0.3, 0.4) is 0 Å². The number of nitrogens with one attached hydrogen (secondary N) is 2. The molecule has 154 valence electrons. The van der Waals surface area contributed by atoms with Gasteiger partial charge in [-0.05, 0) is 60.2 Å². The van der Waals surface area contributed by atoms with Crippen LogP contribution in [0.15, 0.2) is 36.4 Å². The highest BCUT2D eigenvalue weighted by Gasteiger charge is 2.36. The second-order valence-electron chi connectivity index (χ2n) is 7.26. The van der Waals surface area contributed by atoms with E-state index in [1.54, 1.807) is 12.1 Å². The lowest BCUT2D eigenvalue weighted by molar-refractivity contribution is 0.311. The summed E-state index contributed by atoms with van der Waals surface area (Å²) in [5, 5.41) is 9.23. The van der Waals surface area contributed by atoms with Crippen LogP contribution in [0.1, 0.15) is 24.3 Å². The van der Waals surface area contributed by atoms with Crippen LogP contribution in [-0.4, -0.2) is 36.9 Å². The molecule has 1 aliphatic rings. The highest BCUT2D eigenvalue weighted by molar-refractivity contribution is 7.89. The van der Waals surface area contributed by atoms with E-state index in [0.29, 0.717) is 35.0 Å². The number of fused-ring (bicyclic) bond motifs is 1. The molecule has 5 nitrogen and oxygen atoms in total. The minimum atomic E-state index is -3.58. The Bertz CT molecular complexity index is 1150. The van der Waals surface area contributed by atoms with E-state index < -0.39 is 34.1 Å². The van der Waals surface area contributed by atoms with Gasteiger partial charge in [0.15, 0.2) is 0 Å². The topological polar surface area (TPSA) is 82.2 Å². The van der Waals surface area contributed by atoms with Gasteiger partial charge in [-0.25, -0.2) is 26.3 Å². The van der Waals surface area contributed by atoms with Crippen LogP contribution in [0.25, 0.3) is 22.2 Å². The summed E-state index contributed by atoms with van der Waals surface area (Å²) in [7, 11) is -3.58. The third kappa shape index (κ3) is 3.90. The van der Waals surface area contributed by atoms with Crippen LogP contribution < -0.4 is 4.72 Å². The van der Waals surface area contributed by atoms with Crippen molar-refractivity contribution in [3.8, 4) is 11.3 Å². The predicted octanol–water partition coefficient (Wildman–Crippen LogP) is 3.41. The zero-order valence-corrected chi connectivity index (χ0v) is 16.1. The molecule has 0 spiro atoms. The smallest absolute Gasteiger partial charge is 0.214 e. The van der Waals surface area contributed by atoms with Crippen LogP contribution in [0.2, 0.25) is 0 Å². The number of benzene rings is 2. The van der Waals surface area contributed by atoms with E-state index in [0.717, 1.165) is 6.07 Å². The molecule has 0 radical (unpaired) electrons. The first-order valence-corrected chi connectivity index (χ1v) is 10.8. The number of hydrogen-bond donors (Lipinski definition) is 3. The molecule has 1 aromatic heterocycles. The van der Waals surface area contributed by atoms with Crippen molar-refractivity contribution in [3.05, 3.63) is 59.4 Å². The van der Waals surface area contributed by atoms with E-state index in [2.05, 4.69) is 9.71 Å². The van der Waals surface area contributed by atoms with Crippen molar-refractivity contribution in [3.63, 3.8) is 0 Å². The lowest BCUT2D eigenvalue weighted by Crippen LogP contribution is -2.44. The monoisotopic (exact) mass is 424 g/mol. The Morgan fingerprint density at radius 2 is 1.76 bits per heavy atom. The molecule has 4 rings (SSSR count). The van der Waals surface area contributed by atoms with Gasteiger partial charge in [0.2, 0.25) is 10.0 Å². The molecular formula is C20H19F3N2O3S. The highest BCUT2D eigenvalue weighted by Crippen LogP contribution is 2.45. The summed E-state index contributed by atoms with van der Waals surface area (Å²) >= 11 is 0. The molecule has 0 amide bonds. The molecule has 0 unspecified atom stereocenters. The van der Waals surface area contributed by atoms with Crippen LogP contribution in [-0.2, 0) is 10.0 Å². The number of aromatic nitrogens is 1. The Kier molecular flexibility index (Phi) is 5.14. The van der Waals surface area contributed by atoms with Gasteiger partial charge in [-0.2, -0.15) is 0 Å². The quantitative estimate of drug-likeness (QED) is 0.567. The summed E-state index contributed by atoms with van der Waals surface area (Å²) in [5.74, 6) is -2.36. The molecule has 29 heavy (non-hydrogen) atoms. The van der Waals surface area contributed by atoms with Gasteiger partial charge in [0.25, 0.3) is 0 Å². The molecule has 0 saturated heterocycles. The molecule has 9 heteroatoms. The zero-order valence-electron chi connectivity index (χ0n) is 15.3. The van der Waals surface area contributed by atoms with E-state index >= 15 is 0 Å².